The first-order chi connectivity index (χ1) is 9.74. The third kappa shape index (κ3) is 5.77. The number of piperidine rings is 2. The largest absolute Gasteiger partial charge is 0.368 e. The Labute approximate surface area is 122 Å². The Hall–Kier alpha value is -0.650. The molecule has 5 nitrogen and oxygen atoms in total. The number of carbonyl (C=O) groups is 1. The van der Waals surface area contributed by atoms with Crippen LogP contribution in [0.1, 0.15) is 32.1 Å². The van der Waals surface area contributed by atoms with Crippen LogP contribution in [0.3, 0.4) is 0 Å². The molecule has 0 radical (unpaired) electrons. The molecule has 1 amide bonds. The lowest BCUT2D eigenvalue weighted by atomic mass is 9.94. The Morgan fingerprint density at radius 3 is 2.65 bits per heavy atom. The number of amides is 1. The highest BCUT2D eigenvalue weighted by atomic mass is 16.5. The lowest BCUT2D eigenvalue weighted by molar-refractivity contribution is -0.128. The number of nitrogens with zero attached hydrogens (tertiary/aromatic N) is 1. The molecule has 0 unspecified atom stereocenters. The van der Waals surface area contributed by atoms with Crippen LogP contribution in [0.25, 0.3) is 0 Å². The van der Waals surface area contributed by atoms with Gasteiger partial charge in [0.05, 0.1) is 6.10 Å². The minimum absolute atomic E-state index is 0.0384. The van der Waals surface area contributed by atoms with Gasteiger partial charge in [0.1, 0.15) is 6.61 Å². The summed E-state index contributed by atoms with van der Waals surface area (Å²) in [5.41, 5.74) is 0. The van der Waals surface area contributed by atoms with E-state index in [1.807, 2.05) is 0 Å². The Bertz CT molecular complexity index is 285. The molecule has 0 spiro atoms. The van der Waals surface area contributed by atoms with Crippen LogP contribution in [0.4, 0.5) is 0 Å². The highest BCUT2D eigenvalue weighted by Crippen LogP contribution is 2.18. The van der Waals surface area contributed by atoms with Gasteiger partial charge in [0, 0.05) is 6.54 Å². The normalized spacial score (nSPS) is 22.9. The molecule has 5 heteroatoms. The van der Waals surface area contributed by atoms with Gasteiger partial charge in [-0.15, -0.1) is 0 Å². The third-order valence-corrected chi connectivity index (χ3v) is 4.45. The molecule has 2 N–H and O–H groups in total. The monoisotopic (exact) mass is 283 g/mol. The van der Waals surface area contributed by atoms with Crippen molar-refractivity contribution in [2.75, 3.05) is 46.4 Å². The van der Waals surface area contributed by atoms with Crippen LogP contribution in [0.15, 0.2) is 0 Å². The van der Waals surface area contributed by atoms with Gasteiger partial charge in [0.2, 0.25) is 5.91 Å². The molecule has 2 rings (SSSR count). The molecular weight excluding hydrogens is 254 g/mol. The molecule has 0 aromatic rings. The van der Waals surface area contributed by atoms with Gasteiger partial charge in [-0.25, -0.2) is 0 Å². The summed E-state index contributed by atoms with van der Waals surface area (Å²) in [7, 11) is 2.18. The Morgan fingerprint density at radius 2 is 1.95 bits per heavy atom. The van der Waals surface area contributed by atoms with E-state index in [9.17, 15) is 4.79 Å². The predicted molar refractivity (Wildman–Crippen MR) is 79.7 cm³/mol. The molecule has 2 fully saturated rings. The zero-order valence-corrected chi connectivity index (χ0v) is 12.7. The van der Waals surface area contributed by atoms with E-state index in [2.05, 4.69) is 22.6 Å². The summed E-state index contributed by atoms with van der Waals surface area (Å²) in [6.07, 6.45) is 5.92. The van der Waals surface area contributed by atoms with Crippen molar-refractivity contribution in [1.82, 2.24) is 15.5 Å². The molecular formula is C15H29N3O2. The van der Waals surface area contributed by atoms with Crippen molar-refractivity contribution in [1.29, 1.82) is 0 Å². The fraction of sp³-hybridized carbons (Fsp3) is 0.933. The average Bonchev–Trinajstić information content (AvgIpc) is 2.48. The number of carbonyl (C=O) groups excluding carboxylic acids is 1. The van der Waals surface area contributed by atoms with Crippen molar-refractivity contribution in [3.05, 3.63) is 0 Å². The lowest BCUT2D eigenvalue weighted by Crippen LogP contribution is -2.36. The highest BCUT2D eigenvalue weighted by molar-refractivity contribution is 5.77. The second-order valence-corrected chi connectivity index (χ2v) is 6.15. The lowest BCUT2D eigenvalue weighted by Gasteiger charge is -2.28. The minimum atomic E-state index is 0.0384. The third-order valence-electron chi connectivity index (χ3n) is 4.45. The first kappa shape index (κ1) is 15.7. The molecule has 2 heterocycles. The predicted octanol–water partition coefficient (Wildman–Crippen LogP) is 0.603. The van der Waals surface area contributed by atoms with Gasteiger partial charge in [0.15, 0.2) is 0 Å². The van der Waals surface area contributed by atoms with Crippen LogP contribution in [-0.2, 0) is 9.53 Å². The molecule has 0 aromatic carbocycles. The smallest absolute Gasteiger partial charge is 0.246 e. The highest BCUT2D eigenvalue weighted by Gasteiger charge is 2.17. The second-order valence-electron chi connectivity index (χ2n) is 6.15. The number of likely N-dealkylation sites (tertiary alicyclic amines) is 1. The second kappa shape index (κ2) is 8.60. The summed E-state index contributed by atoms with van der Waals surface area (Å²) in [5, 5.41) is 6.28. The Morgan fingerprint density at radius 1 is 1.25 bits per heavy atom. The fourth-order valence-electron chi connectivity index (χ4n) is 2.97. The van der Waals surface area contributed by atoms with Crippen molar-refractivity contribution < 1.29 is 9.53 Å². The van der Waals surface area contributed by atoms with E-state index >= 15 is 0 Å². The maximum absolute atomic E-state index is 11.7. The number of rotatable bonds is 6. The number of nitrogens with one attached hydrogen (secondary N) is 2. The van der Waals surface area contributed by atoms with E-state index in [0.717, 1.165) is 44.8 Å². The maximum atomic E-state index is 11.7. The molecule has 0 bridgehead atoms. The summed E-state index contributed by atoms with van der Waals surface area (Å²) in [6.45, 7) is 5.40. The van der Waals surface area contributed by atoms with Crippen LogP contribution in [0, 0.1) is 5.92 Å². The average molecular weight is 283 g/mol. The Kier molecular flexibility index (Phi) is 6.76. The number of hydrogen-bond acceptors (Lipinski definition) is 4. The van der Waals surface area contributed by atoms with E-state index in [4.69, 9.17) is 4.74 Å². The topological polar surface area (TPSA) is 53.6 Å². The van der Waals surface area contributed by atoms with Gasteiger partial charge in [0.25, 0.3) is 0 Å². The number of ether oxygens (including phenoxy) is 1. The molecule has 116 valence electrons. The molecule has 0 aliphatic carbocycles. The van der Waals surface area contributed by atoms with Crippen LogP contribution < -0.4 is 10.6 Å². The molecule has 20 heavy (non-hydrogen) atoms. The van der Waals surface area contributed by atoms with E-state index in [0.29, 0.717) is 0 Å². The van der Waals surface area contributed by atoms with Crippen molar-refractivity contribution in [2.45, 2.75) is 38.2 Å². The van der Waals surface area contributed by atoms with Gasteiger partial charge in [-0.3, -0.25) is 4.79 Å². The van der Waals surface area contributed by atoms with Crippen molar-refractivity contribution in [3.63, 3.8) is 0 Å². The van der Waals surface area contributed by atoms with E-state index in [1.165, 1.54) is 25.9 Å². The summed E-state index contributed by atoms with van der Waals surface area (Å²) in [5.74, 6) is 0.813. The van der Waals surface area contributed by atoms with Crippen LogP contribution >= 0.6 is 0 Å². The first-order valence-electron chi connectivity index (χ1n) is 8.01. The maximum Gasteiger partial charge on any atom is 0.246 e. The minimum Gasteiger partial charge on any atom is -0.368 e. The molecule has 0 atom stereocenters. The van der Waals surface area contributed by atoms with E-state index in [1.54, 1.807) is 0 Å². The summed E-state index contributed by atoms with van der Waals surface area (Å²) in [6, 6.07) is 0. The van der Waals surface area contributed by atoms with Crippen LogP contribution in [-0.4, -0.2) is 63.3 Å². The Balaban J connectivity index is 1.49. The molecule has 0 saturated carbocycles. The van der Waals surface area contributed by atoms with Crippen molar-refractivity contribution >= 4 is 5.91 Å². The summed E-state index contributed by atoms with van der Waals surface area (Å²) in [4.78, 5) is 14.1. The van der Waals surface area contributed by atoms with Crippen molar-refractivity contribution in [3.8, 4) is 0 Å². The van der Waals surface area contributed by atoms with Gasteiger partial charge in [-0.2, -0.15) is 0 Å². The molecule has 2 aliphatic rings. The summed E-state index contributed by atoms with van der Waals surface area (Å²) < 4.78 is 5.64. The van der Waals surface area contributed by atoms with Crippen molar-refractivity contribution in [2.24, 2.45) is 5.92 Å². The van der Waals surface area contributed by atoms with Crippen LogP contribution in [0.5, 0.6) is 0 Å². The van der Waals surface area contributed by atoms with E-state index in [-0.39, 0.29) is 18.6 Å². The standard InChI is InChI=1S/C15H29N3O2/c1-18-10-5-13(6-11-18)2-9-17-15(19)12-20-14-3-7-16-8-4-14/h13-14,16H,2-12H2,1H3,(H,17,19). The SMILES string of the molecule is CN1CCC(CCNC(=O)COC2CCNCC2)CC1. The molecule has 2 aliphatic heterocycles. The molecule has 2 saturated heterocycles. The van der Waals surface area contributed by atoms with E-state index < -0.39 is 0 Å². The summed E-state index contributed by atoms with van der Waals surface area (Å²) >= 11 is 0. The molecule has 0 aromatic heterocycles. The van der Waals surface area contributed by atoms with Gasteiger partial charge in [-0.1, -0.05) is 0 Å². The van der Waals surface area contributed by atoms with Gasteiger partial charge in [-0.05, 0) is 71.2 Å². The van der Waals surface area contributed by atoms with Gasteiger partial charge < -0.3 is 20.3 Å². The van der Waals surface area contributed by atoms with Gasteiger partial charge >= 0.3 is 0 Å². The zero-order chi connectivity index (χ0) is 14.2. The first-order valence-corrected chi connectivity index (χ1v) is 8.01. The quantitative estimate of drug-likeness (QED) is 0.750. The number of hydrogen-bond donors (Lipinski definition) is 2. The zero-order valence-electron chi connectivity index (χ0n) is 12.7. The fourth-order valence-corrected chi connectivity index (χ4v) is 2.97. The van der Waals surface area contributed by atoms with Crippen LogP contribution in [0.2, 0.25) is 0 Å².